The minimum atomic E-state index is -0.851. The molecule has 0 spiro atoms. The summed E-state index contributed by atoms with van der Waals surface area (Å²) in [4.78, 5) is 24.3. The second-order valence-electron chi connectivity index (χ2n) is 5.16. The first-order valence-electron chi connectivity index (χ1n) is 7.60. The van der Waals surface area contributed by atoms with Crippen LogP contribution in [0.3, 0.4) is 0 Å². The number of amides is 2. The standard InChI is InChI=1S/C16H18BrClN2O5/c1-4-24-9-6-8(12(18)11(17)14(9)21)13-10(15(22)25-5-2)7(3)19-16(23)20-13/h6,13,21H,4-5H2,1-3H3,(H2,19,20,23)/t13-/m1/s1. The molecule has 1 atom stereocenters. The van der Waals surface area contributed by atoms with E-state index in [9.17, 15) is 14.7 Å². The fourth-order valence-electron chi connectivity index (χ4n) is 2.49. The molecule has 1 aliphatic rings. The van der Waals surface area contributed by atoms with Crippen molar-refractivity contribution in [1.82, 2.24) is 10.6 Å². The van der Waals surface area contributed by atoms with Gasteiger partial charge in [-0.15, -0.1) is 0 Å². The maximum atomic E-state index is 12.4. The molecule has 9 heteroatoms. The molecule has 0 radical (unpaired) electrons. The number of carbonyl (C=O) groups excluding carboxylic acids is 2. The van der Waals surface area contributed by atoms with Gasteiger partial charge in [0.15, 0.2) is 11.5 Å². The predicted octanol–water partition coefficient (Wildman–Crippen LogP) is 3.40. The van der Waals surface area contributed by atoms with E-state index in [1.165, 1.54) is 6.07 Å². The third-order valence-corrected chi connectivity index (χ3v) is 4.96. The van der Waals surface area contributed by atoms with Crippen LogP contribution in [0.2, 0.25) is 5.02 Å². The van der Waals surface area contributed by atoms with E-state index in [-0.39, 0.29) is 33.2 Å². The highest BCUT2D eigenvalue weighted by Gasteiger charge is 2.34. The Labute approximate surface area is 158 Å². The number of allylic oxidation sites excluding steroid dienone is 1. The number of carbonyl (C=O) groups is 2. The van der Waals surface area contributed by atoms with E-state index in [1.807, 2.05) is 0 Å². The fraction of sp³-hybridized carbons (Fsp3) is 0.375. The van der Waals surface area contributed by atoms with Crippen molar-refractivity contribution in [3.63, 3.8) is 0 Å². The molecular weight excluding hydrogens is 416 g/mol. The van der Waals surface area contributed by atoms with E-state index in [0.29, 0.717) is 17.9 Å². The molecule has 3 N–H and O–H groups in total. The number of benzene rings is 1. The van der Waals surface area contributed by atoms with Crippen molar-refractivity contribution in [3.05, 3.63) is 32.4 Å². The number of hydrogen-bond donors (Lipinski definition) is 3. The lowest BCUT2D eigenvalue weighted by molar-refractivity contribution is -0.139. The molecule has 0 aromatic heterocycles. The first-order chi connectivity index (χ1) is 11.8. The molecule has 2 rings (SSSR count). The Morgan fingerprint density at radius 3 is 2.68 bits per heavy atom. The summed E-state index contributed by atoms with van der Waals surface area (Å²) in [5, 5.41) is 15.5. The summed E-state index contributed by atoms with van der Waals surface area (Å²) in [6, 6.07) is 0.166. The van der Waals surface area contributed by atoms with E-state index < -0.39 is 18.0 Å². The Balaban J connectivity index is 2.62. The number of phenolic OH excluding ortho intramolecular Hbond substituents is 1. The zero-order chi connectivity index (χ0) is 18.7. The van der Waals surface area contributed by atoms with E-state index in [0.717, 1.165) is 0 Å². The third kappa shape index (κ3) is 3.85. The molecule has 0 unspecified atom stereocenters. The van der Waals surface area contributed by atoms with Crippen LogP contribution >= 0.6 is 27.5 Å². The van der Waals surface area contributed by atoms with Gasteiger partial charge in [-0.05, 0) is 42.8 Å². The monoisotopic (exact) mass is 432 g/mol. The Hall–Kier alpha value is -1.93. The molecule has 0 saturated heterocycles. The lowest BCUT2D eigenvalue weighted by atomic mass is 9.95. The van der Waals surface area contributed by atoms with Gasteiger partial charge in [-0.1, -0.05) is 11.6 Å². The summed E-state index contributed by atoms with van der Waals surface area (Å²) in [5.74, 6) is -0.549. The van der Waals surface area contributed by atoms with Crippen LogP contribution in [0.4, 0.5) is 4.79 Å². The lowest BCUT2D eigenvalue weighted by Gasteiger charge is -2.29. The Morgan fingerprint density at radius 1 is 1.40 bits per heavy atom. The van der Waals surface area contributed by atoms with Crippen LogP contribution in [0, 0.1) is 0 Å². The molecule has 1 heterocycles. The molecular formula is C16H18BrClN2O5. The topological polar surface area (TPSA) is 96.9 Å². The maximum absolute atomic E-state index is 12.4. The predicted molar refractivity (Wildman–Crippen MR) is 95.7 cm³/mol. The van der Waals surface area contributed by atoms with Gasteiger partial charge >= 0.3 is 12.0 Å². The fourth-order valence-corrected chi connectivity index (χ4v) is 3.17. The molecule has 7 nitrogen and oxygen atoms in total. The summed E-state index contributed by atoms with van der Waals surface area (Å²) < 4.78 is 10.7. The smallest absolute Gasteiger partial charge is 0.338 e. The van der Waals surface area contributed by atoms with Gasteiger partial charge in [-0.25, -0.2) is 9.59 Å². The Morgan fingerprint density at radius 2 is 2.08 bits per heavy atom. The van der Waals surface area contributed by atoms with Crippen LogP contribution in [-0.4, -0.2) is 30.3 Å². The van der Waals surface area contributed by atoms with Crippen molar-refractivity contribution >= 4 is 39.5 Å². The average Bonchev–Trinajstić information content (AvgIpc) is 2.55. The van der Waals surface area contributed by atoms with Gasteiger partial charge in [-0.2, -0.15) is 0 Å². The first-order valence-corrected chi connectivity index (χ1v) is 8.77. The SMILES string of the molecule is CCOC(=O)C1=C(C)NC(=O)N[C@@H]1c1cc(OCC)c(O)c(Br)c1Cl. The van der Waals surface area contributed by atoms with Gasteiger partial charge in [0.25, 0.3) is 0 Å². The number of aromatic hydroxyl groups is 1. The number of esters is 1. The van der Waals surface area contributed by atoms with Gasteiger partial charge in [0.2, 0.25) is 0 Å². The summed E-state index contributed by atoms with van der Waals surface area (Å²) in [6.45, 7) is 5.56. The molecule has 1 aromatic carbocycles. The van der Waals surface area contributed by atoms with Crippen molar-refractivity contribution in [3.8, 4) is 11.5 Å². The van der Waals surface area contributed by atoms with Gasteiger partial charge in [0, 0.05) is 11.3 Å². The van der Waals surface area contributed by atoms with Crippen molar-refractivity contribution < 1.29 is 24.2 Å². The molecule has 2 amide bonds. The van der Waals surface area contributed by atoms with Crippen molar-refractivity contribution in [1.29, 1.82) is 0 Å². The van der Waals surface area contributed by atoms with Crippen molar-refractivity contribution in [2.24, 2.45) is 0 Å². The van der Waals surface area contributed by atoms with Crippen LogP contribution in [0.5, 0.6) is 11.5 Å². The molecule has 25 heavy (non-hydrogen) atoms. The van der Waals surface area contributed by atoms with Crippen LogP contribution in [0.1, 0.15) is 32.4 Å². The normalized spacial score (nSPS) is 17.0. The van der Waals surface area contributed by atoms with Gasteiger partial charge in [-0.3, -0.25) is 0 Å². The van der Waals surface area contributed by atoms with Gasteiger partial charge in [0.1, 0.15) is 0 Å². The molecule has 1 aliphatic heterocycles. The summed E-state index contributed by atoms with van der Waals surface area (Å²) >= 11 is 9.55. The van der Waals surface area contributed by atoms with E-state index >= 15 is 0 Å². The van der Waals surface area contributed by atoms with Gasteiger partial charge in [0.05, 0.1) is 34.3 Å². The second kappa shape index (κ2) is 7.97. The summed E-state index contributed by atoms with van der Waals surface area (Å²) in [5.41, 5.74) is 0.987. The Kier molecular flexibility index (Phi) is 6.18. The highest BCUT2D eigenvalue weighted by molar-refractivity contribution is 9.10. The number of hydrogen-bond acceptors (Lipinski definition) is 5. The second-order valence-corrected chi connectivity index (χ2v) is 6.34. The largest absolute Gasteiger partial charge is 0.503 e. The number of urea groups is 1. The molecule has 0 saturated carbocycles. The van der Waals surface area contributed by atoms with E-state index in [2.05, 4.69) is 26.6 Å². The molecule has 1 aromatic rings. The minimum Gasteiger partial charge on any atom is -0.503 e. The van der Waals surface area contributed by atoms with E-state index in [1.54, 1.807) is 20.8 Å². The average molecular weight is 434 g/mol. The van der Waals surface area contributed by atoms with Crippen molar-refractivity contribution in [2.45, 2.75) is 26.8 Å². The molecule has 136 valence electrons. The van der Waals surface area contributed by atoms with Crippen LogP contribution in [-0.2, 0) is 9.53 Å². The van der Waals surface area contributed by atoms with Crippen LogP contribution in [0.15, 0.2) is 21.8 Å². The van der Waals surface area contributed by atoms with Gasteiger partial charge < -0.3 is 25.2 Å². The number of halogens is 2. The molecule has 0 aliphatic carbocycles. The number of rotatable bonds is 5. The van der Waals surface area contributed by atoms with Crippen molar-refractivity contribution in [2.75, 3.05) is 13.2 Å². The van der Waals surface area contributed by atoms with Crippen LogP contribution < -0.4 is 15.4 Å². The zero-order valence-electron chi connectivity index (χ0n) is 13.9. The van der Waals surface area contributed by atoms with Crippen LogP contribution in [0.25, 0.3) is 0 Å². The highest BCUT2D eigenvalue weighted by atomic mass is 79.9. The highest BCUT2D eigenvalue weighted by Crippen LogP contribution is 2.45. The minimum absolute atomic E-state index is 0.155. The summed E-state index contributed by atoms with van der Waals surface area (Å²) in [7, 11) is 0. The summed E-state index contributed by atoms with van der Waals surface area (Å²) in [6.07, 6.45) is 0. The molecule has 0 fully saturated rings. The Bertz CT molecular complexity index is 751. The molecule has 0 bridgehead atoms. The zero-order valence-corrected chi connectivity index (χ0v) is 16.2. The number of nitrogens with one attached hydrogen (secondary N) is 2. The lowest BCUT2D eigenvalue weighted by Crippen LogP contribution is -2.45. The first kappa shape index (κ1) is 19.4. The number of phenols is 1. The van der Waals surface area contributed by atoms with E-state index in [4.69, 9.17) is 21.1 Å². The maximum Gasteiger partial charge on any atom is 0.338 e. The number of ether oxygens (including phenoxy) is 2. The third-order valence-electron chi connectivity index (χ3n) is 3.55. The quantitative estimate of drug-likeness (QED) is 0.619.